The molecule has 3 aromatic rings. The SMILES string of the molecule is CC1=NN(c2ccc(OC(F)F)cc2)C(=O)C1c1nc(-c2ccc(C(C)(F)F)cc2)no1. The zero-order valence-corrected chi connectivity index (χ0v) is 16.8. The highest BCUT2D eigenvalue weighted by atomic mass is 19.3. The summed E-state index contributed by atoms with van der Waals surface area (Å²) in [5, 5.41) is 9.16. The fourth-order valence-electron chi connectivity index (χ4n) is 3.19. The average molecular weight is 448 g/mol. The minimum Gasteiger partial charge on any atom is -0.435 e. The van der Waals surface area contributed by atoms with Gasteiger partial charge in [-0.3, -0.25) is 4.79 Å². The van der Waals surface area contributed by atoms with Crippen LogP contribution in [0.15, 0.2) is 58.2 Å². The van der Waals surface area contributed by atoms with Gasteiger partial charge in [-0.15, -0.1) is 0 Å². The van der Waals surface area contributed by atoms with Crippen molar-refractivity contribution in [3.8, 4) is 17.1 Å². The number of benzene rings is 2. The Kier molecular flexibility index (Phi) is 5.41. The van der Waals surface area contributed by atoms with Gasteiger partial charge in [0, 0.05) is 18.1 Å². The quantitative estimate of drug-likeness (QED) is 0.498. The molecule has 0 saturated carbocycles. The van der Waals surface area contributed by atoms with Crippen LogP contribution in [0.4, 0.5) is 23.2 Å². The van der Waals surface area contributed by atoms with Crippen molar-refractivity contribution in [2.24, 2.45) is 5.10 Å². The molecule has 1 unspecified atom stereocenters. The second-order valence-electron chi connectivity index (χ2n) is 7.12. The minimum atomic E-state index is -2.97. The molecule has 0 bridgehead atoms. The molecule has 11 heteroatoms. The molecule has 2 aromatic carbocycles. The normalized spacial score (nSPS) is 16.6. The first-order valence-corrected chi connectivity index (χ1v) is 9.40. The first-order chi connectivity index (χ1) is 15.1. The lowest BCUT2D eigenvalue weighted by Gasteiger charge is -2.13. The van der Waals surface area contributed by atoms with Gasteiger partial charge in [0.05, 0.1) is 11.4 Å². The van der Waals surface area contributed by atoms with Crippen molar-refractivity contribution in [1.82, 2.24) is 10.1 Å². The van der Waals surface area contributed by atoms with Crippen LogP contribution in [0.25, 0.3) is 11.4 Å². The molecule has 0 N–H and O–H groups in total. The van der Waals surface area contributed by atoms with E-state index < -0.39 is 24.4 Å². The maximum absolute atomic E-state index is 13.4. The maximum Gasteiger partial charge on any atom is 0.387 e. The summed E-state index contributed by atoms with van der Waals surface area (Å²) in [6.45, 7) is -0.549. The first kappa shape index (κ1) is 21.5. The summed E-state index contributed by atoms with van der Waals surface area (Å²) < 4.78 is 60.9. The molecule has 166 valence electrons. The highest BCUT2D eigenvalue weighted by Crippen LogP contribution is 2.32. The van der Waals surface area contributed by atoms with E-state index in [2.05, 4.69) is 20.0 Å². The van der Waals surface area contributed by atoms with Crippen molar-refractivity contribution in [3.05, 3.63) is 60.0 Å². The molecule has 2 heterocycles. The van der Waals surface area contributed by atoms with Gasteiger partial charge in [-0.05, 0) is 31.2 Å². The number of hydrogen-bond donors (Lipinski definition) is 0. The molecule has 0 spiro atoms. The van der Waals surface area contributed by atoms with Gasteiger partial charge in [-0.1, -0.05) is 29.4 Å². The van der Waals surface area contributed by atoms with Crippen molar-refractivity contribution in [3.63, 3.8) is 0 Å². The Hall–Kier alpha value is -3.76. The fourth-order valence-corrected chi connectivity index (χ4v) is 3.19. The van der Waals surface area contributed by atoms with Crippen molar-refractivity contribution in [2.45, 2.75) is 32.3 Å². The third-order valence-corrected chi connectivity index (χ3v) is 4.78. The van der Waals surface area contributed by atoms with E-state index in [0.29, 0.717) is 17.0 Å². The molecule has 7 nitrogen and oxygen atoms in total. The molecule has 0 aliphatic carbocycles. The van der Waals surface area contributed by atoms with Crippen LogP contribution in [-0.4, -0.2) is 28.4 Å². The monoisotopic (exact) mass is 448 g/mol. The Balaban J connectivity index is 1.53. The van der Waals surface area contributed by atoms with Gasteiger partial charge >= 0.3 is 6.61 Å². The Bertz CT molecular complexity index is 1160. The van der Waals surface area contributed by atoms with E-state index in [9.17, 15) is 22.4 Å². The summed E-state index contributed by atoms with van der Waals surface area (Å²) in [4.78, 5) is 17.2. The van der Waals surface area contributed by atoms with Crippen LogP contribution in [0.5, 0.6) is 5.75 Å². The number of carbonyl (C=O) groups excluding carboxylic acids is 1. The number of hydrazone groups is 1. The van der Waals surface area contributed by atoms with E-state index in [1.807, 2.05) is 0 Å². The van der Waals surface area contributed by atoms with E-state index >= 15 is 0 Å². The number of hydrogen-bond acceptors (Lipinski definition) is 6. The third kappa shape index (κ3) is 4.18. The van der Waals surface area contributed by atoms with Crippen LogP contribution in [0.2, 0.25) is 0 Å². The Morgan fingerprint density at radius 2 is 1.75 bits per heavy atom. The zero-order chi connectivity index (χ0) is 23.0. The molecule has 0 saturated heterocycles. The Morgan fingerprint density at radius 3 is 2.34 bits per heavy atom. The Morgan fingerprint density at radius 1 is 1.09 bits per heavy atom. The van der Waals surface area contributed by atoms with Crippen LogP contribution in [-0.2, 0) is 10.7 Å². The summed E-state index contributed by atoms with van der Waals surface area (Å²) in [5.74, 6) is -4.30. The van der Waals surface area contributed by atoms with Crippen molar-refractivity contribution in [1.29, 1.82) is 0 Å². The molecule has 1 aliphatic rings. The number of alkyl halides is 4. The summed E-state index contributed by atoms with van der Waals surface area (Å²) >= 11 is 0. The number of aromatic nitrogens is 2. The predicted molar refractivity (Wildman–Crippen MR) is 106 cm³/mol. The smallest absolute Gasteiger partial charge is 0.387 e. The van der Waals surface area contributed by atoms with Crippen molar-refractivity contribution in [2.75, 3.05) is 5.01 Å². The number of anilines is 1. The van der Waals surface area contributed by atoms with Crippen LogP contribution >= 0.6 is 0 Å². The lowest BCUT2D eigenvalue weighted by atomic mass is 10.0. The van der Waals surface area contributed by atoms with E-state index in [4.69, 9.17) is 4.52 Å². The van der Waals surface area contributed by atoms with Gasteiger partial charge in [0.25, 0.3) is 11.8 Å². The van der Waals surface area contributed by atoms with Gasteiger partial charge in [0.15, 0.2) is 5.92 Å². The molecule has 0 radical (unpaired) electrons. The summed E-state index contributed by atoms with van der Waals surface area (Å²) in [6, 6.07) is 10.8. The molecule has 1 atom stereocenters. The van der Waals surface area contributed by atoms with Crippen molar-refractivity contribution >= 4 is 17.3 Å². The lowest BCUT2D eigenvalue weighted by molar-refractivity contribution is -0.118. The highest BCUT2D eigenvalue weighted by Gasteiger charge is 2.39. The zero-order valence-electron chi connectivity index (χ0n) is 16.8. The molecule has 4 rings (SSSR count). The van der Waals surface area contributed by atoms with Gasteiger partial charge in [0.2, 0.25) is 11.7 Å². The molecule has 32 heavy (non-hydrogen) atoms. The number of rotatable bonds is 6. The second-order valence-corrected chi connectivity index (χ2v) is 7.12. The van der Waals surface area contributed by atoms with E-state index in [1.54, 1.807) is 6.92 Å². The predicted octanol–water partition coefficient (Wildman–Crippen LogP) is 4.96. The van der Waals surface area contributed by atoms with Crippen LogP contribution in [0.1, 0.15) is 31.2 Å². The summed E-state index contributed by atoms with van der Waals surface area (Å²) in [6.07, 6.45) is 0. The summed E-state index contributed by atoms with van der Waals surface area (Å²) in [7, 11) is 0. The number of ether oxygens (including phenoxy) is 1. The molecule has 0 fully saturated rings. The average Bonchev–Trinajstić information content (AvgIpc) is 3.32. The van der Waals surface area contributed by atoms with E-state index in [-0.39, 0.29) is 23.0 Å². The highest BCUT2D eigenvalue weighted by molar-refractivity contribution is 6.18. The molecular weight excluding hydrogens is 432 g/mol. The van der Waals surface area contributed by atoms with Gasteiger partial charge < -0.3 is 9.26 Å². The third-order valence-electron chi connectivity index (χ3n) is 4.78. The molecular formula is C21H16F4N4O3. The standard InChI is InChI=1S/C21H16F4N4O3/c1-11-16(19(30)29(27-11)14-7-9-15(10-8-14)31-20(22)23)18-26-17(28-32-18)12-3-5-13(6-4-12)21(2,24)25/h3-10,16,20H,1-2H3. The number of halogens is 4. The molecule has 1 aromatic heterocycles. The van der Waals surface area contributed by atoms with Gasteiger partial charge in [-0.25, -0.2) is 8.78 Å². The van der Waals surface area contributed by atoms with Gasteiger partial charge in [-0.2, -0.15) is 23.9 Å². The fraction of sp³-hybridized carbons (Fsp3) is 0.238. The van der Waals surface area contributed by atoms with E-state index in [0.717, 1.165) is 11.9 Å². The topological polar surface area (TPSA) is 80.8 Å². The lowest BCUT2D eigenvalue weighted by Crippen LogP contribution is -2.25. The number of amides is 1. The molecule has 1 aliphatic heterocycles. The minimum absolute atomic E-state index is 0.00342. The van der Waals surface area contributed by atoms with Crippen LogP contribution in [0, 0.1) is 0 Å². The second kappa shape index (κ2) is 8.06. The number of carbonyl (C=O) groups is 1. The first-order valence-electron chi connectivity index (χ1n) is 9.40. The molecule has 1 amide bonds. The summed E-state index contributed by atoms with van der Waals surface area (Å²) in [5.41, 5.74) is 1.02. The maximum atomic E-state index is 13.4. The van der Waals surface area contributed by atoms with Crippen LogP contribution in [0.3, 0.4) is 0 Å². The largest absolute Gasteiger partial charge is 0.435 e. The van der Waals surface area contributed by atoms with Crippen LogP contribution < -0.4 is 9.75 Å². The van der Waals surface area contributed by atoms with Crippen molar-refractivity contribution < 1.29 is 31.6 Å². The Labute approximate surface area is 179 Å². The van der Waals surface area contributed by atoms with Gasteiger partial charge in [0.1, 0.15) is 5.75 Å². The number of nitrogens with zero attached hydrogens (tertiary/aromatic N) is 4. The van der Waals surface area contributed by atoms with E-state index in [1.165, 1.54) is 48.5 Å².